The van der Waals surface area contributed by atoms with Crippen molar-refractivity contribution in [1.82, 2.24) is 15.6 Å². The van der Waals surface area contributed by atoms with Crippen molar-refractivity contribution in [2.24, 2.45) is 0 Å². The number of amides is 2. The Morgan fingerprint density at radius 3 is 2.36 bits per heavy atom. The molecular weight excluding hydrogens is 318 g/mol. The van der Waals surface area contributed by atoms with Gasteiger partial charge in [-0.25, -0.2) is 4.79 Å². The zero-order chi connectivity index (χ0) is 18.3. The van der Waals surface area contributed by atoms with Crippen molar-refractivity contribution in [2.45, 2.75) is 32.4 Å². The average molecular weight is 341 g/mol. The molecule has 0 unspecified atom stereocenters. The molecule has 0 saturated carbocycles. The van der Waals surface area contributed by atoms with Crippen LogP contribution in [0, 0.1) is 0 Å². The van der Waals surface area contributed by atoms with E-state index in [9.17, 15) is 9.59 Å². The largest absolute Gasteiger partial charge is 0.444 e. The standard InChI is InChI=1S/C19H23N3O3/c1-19(2,3)25-18(24)21-13-16(23)22-17(14-9-5-4-6-10-14)15-11-7-8-12-20-15/h4-12,17H,13H2,1-3H3,(H,21,24)(H,22,23)/t17-/m1/s1. The summed E-state index contributed by atoms with van der Waals surface area (Å²) in [5.74, 6) is -0.328. The van der Waals surface area contributed by atoms with Gasteiger partial charge in [0.15, 0.2) is 0 Å². The van der Waals surface area contributed by atoms with Gasteiger partial charge >= 0.3 is 6.09 Å². The predicted molar refractivity (Wildman–Crippen MR) is 94.9 cm³/mol. The molecule has 0 fully saturated rings. The molecule has 6 heteroatoms. The van der Waals surface area contributed by atoms with Crippen LogP contribution in [-0.2, 0) is 9.53 Å². The maximum atomic E-state index is 12.3. The molecule has 1 atom stereocenters. The summed E-state index contributed by atoms with van der Waals surface area (Å²) in [4.78, 5) is 28.2. The first kappa shape index (κ1) is 18.4. The third-order valence-electron chi connectivity index (χ3n) is 3.21. The Morgan fingerprint density at radius 1 is 1.08 bits per heavy atom. The van der Waals surface area contributed by atoms with Crippen molar-refractivity contribution < 1.29 is 14.3 Å². The minimum atomic E-state index is -0.628. The fourth-order valence-electron chi connectivity index (χ4n) is 2.20. The van der Waals surface area contributed by atoms with Crippen LogP contribution in [0.5, 0.6) is 0 Å². The van der Waals surface area contributed by atoms with E-state index in [-0.39, 0.29) is 12.5 Å². The highest BCUT2D eigenvalue weighted by Gasteiger charge is 2.20. The van der Waals surface area contributed by atoms with Crippen LogP contribution in [0.1, 0.15) is 38.1 Å². The van der Waals surface area contributed by atoms with E-state index >= 15 is 0 Å². The number of carbonyl (C=O) groups is 2. The number of aromatic nitrogens is 1. The number of benzene rings is 1. The van der Waals surface area contributed by atoms with Gasteiger partial charge in [0.25, 0.3) is 0 Å². The lowest BCUT2D eigenvalue weighted by Crippen LogP contribution is -2.41. The van der Waals surface area contributed by atoms with E-state index in [0.717, 1.165) is 11.3 Å². The van der Waals surface area contributed by atoms with Gasteiger partial charge in [-0.15, -0.1) is 0 Å². The van der Waals surface area contributed by atoms with Crippen LogP contribution in [0.3, 0.4) is 0 Å². The number of pyridine rings is 1. The zero-order valence-corrected chi connectivity index (χ0v) is 14.7. The molecule has 0 radical (unpaired) electrons. The van der Waals surface area contributed by atoms with E-state index in [4.69, 9.17) is 4.74 Å². The van der Waals surface area contributed by atoms with Gasteiger partial charge in [-0.1, -0.05) is 36.4 Å². The van der Waals surface area contributed by atoms with Gasteiger partial charge in [0.2, 0.25) is 5.91 Å². The summed E-state index contributed by atoms with van der Waals surface area (Å²) >= 11 is 0. The Labute approximate surface area is 147 Å². The Kier molecular flexibility index (Phi) is 6.11. The molecule has 2 rings (SSSR count). The molecule has 0 aliphatic rings. The van der Waals surface area contributed by atoms with E-state index in [0.29, 0.717) is 0 Å². The van der Waals surface area contributed by atoms with Gasteiger partial charge in [-0.3, -0.25) is 9.78 Å². The quantitative estimate of drug-likeness (QED) is 0.876. The van der Waals surface area contributed by atoms with Gasteiger partial charge in [0.05, 0.1) is 11.7 Å². The topological polar surface area (TPSA) is 80.3 Å². The van der Waals surface area contributed by atoms with E-state index in [1.807, 2.05) is 48.5 Å². The molecule has 0 bridgehead atoms. The molecule has 25 heavy (non-hydrogen) atoms. The van der Waals surface area contributed by atoms with E-state index < -0.39 is 17.7 Å². The normalized spacial score (nSPS) is 12.1. The molecule has 1 aromatic heterocycles. The van der Waals surface area contributed by atoms with Crippen LogP contribution in [0.15, 0.2) is 54.7 Å². The maximum absolute atomic E-state index is 12.3. The second-order valence-electron chi connectivity index (χ2n) is 6.52. The summed E-state index contributed by atoms with van der Waals surface area (Å²) in [5, 5.41) is 5.35. The number of ether oxygens (including phenoxy) is 1. The third-order valence-corrected chi connectivity index (χ3v) is 3.21. The smallest absolute Gasteiger partial charge is 0.408 e. The Balaban J connectivity index is 2.02. The van der Waals surface area contributed by atoms with Crippen molar-refractivity contribution in [1.29, 1.82) is 0 Å². The molecule has 0 aliphatic heterocycles. The molecule has 0 saturated heterocycles. The number of hydrogen-bond acceptors (Lipinski definition) is 4. The van der Waals surface area contributed by atoms with Gasteiger partial charge in [0, 0.05) is 6.20 Å². The summed E-state index contributed by atoms with van der Waals surface area (Å²) in [7, 11) is 0. The molecule has 6 nitrogen and oxygen atoms in total. The lowest BCUT2D eigenvalue weighted by molar-refractivity contribution is -0.120. The first-order valence-electron chi connectivity index (χ1n) is 8.07. The monoisotopic (exact) mass is 341 g/mol. The fourth-order valence-corrected chi connectivity index (χ4v) is 2.20. The lowest BCUT2D eigenvalue weighted by atomic mass is 10.0. The Morgan fingerprint density at radius 2 is 1.76 bits per heavy atom. The average Bonchev–Trinajstić information content (AvgIpc) is 2.58. The molecule has 2 aromatic rings. The summed E-state index contributed by atoms with van der Waals surface area (Å²) in [6, 6.07) is 14.7. The van der Waals surface area contributed by atoms with Gasteiger partial charge in [0.1, 0.15) is 12.1 Å². The number of nitrogens with one attached hydrogen (secondary N) is 2. The zero-order valence-electron chi connectivity index (χ0n) is 14.7. The number of nitrogens with zero attached hydrogens (tertiary/aromatic N) is 1. The van der Waals surface area contributed by atoms with Crippen LogP contribution in [0.4, 0.5) is 4.79 Å². The molecule has 0 spiro atoms. The number of carbonyl (C=O) groups excluding carboxylic acids is 2. The van der Waals surface area contributed by atoms with Crippen LogP contribution in [0.2, 0.25) is 0 Å². The maximum Gasteiger partial charge on any atom is 0.408 e. The van der Waals surface area contributed by atoms with Crippen molar-refractivity contribution in [3.63, 3.8) is 0 Å². The Bertz CT molecular complexity index is 657. The van der Waals surface area contributed by atoms with E-state index in [1.54, 1.807) is 27.0 Å². The van der Waals surface area contributed by atoms with Crippen molar-refractivity contribution >= 4 is 12.0 Å². The molecular formula is C19H23N3O3. The van der Waals surface area contributed by atoms with Gasteiger partial charge in [-0.05, 0) is 38.5 Å². The van der Waals surface area contributed by atoms with Crippen molar-refractivity contribution in [3.05, 3.63) is 66.0 Å². The first-order chi connectivity index (χ1) is 11.8. The van der Waals surface area contributed by atoms with Crippen LogP contribution < -0.4 is 10.6 Å². The van der Waals surface area contributed by atoms with Crippen molar-refractivity contribution in [3.8, 4) is 0 Å². The van der Waals surface area contributed by atoms with Crippen LogP contribution in [0.25, 0.3) is 0 Å². The van der Waals surface area contributed by atoms with E-state index in [2.05, 4.69) is 15.6 Å². The fraction of sp³-hybridized carbons (Fsp3) is 0.316. The van der Waals surface area contributed by atoms with Crippen LogP contribution >= 0.6 is 0 Å². The Hall–Kier alpha value is -2.89. The summed E-state index contributed by atoms with van der Waals surface area (Å²) in [6.45, 7) is 5.11. The molecule has 1 heterocycles. The SMILES string of the molecule is CC(C)(C)OC(=O)NCC(=O)N[C@H](c1ccccc1)c1ccccn1. The number of hydrogen-bond donors (Lipinski definition) is 2. The highest BCUT2D eigenvalue weighted by molar-refractivity contribution is 5.82. The van der Waals surface area contributed by atoms with E-state index in [1.165, 1.54) is 0 Å². The van der Waals surface area contributed by atoms with Gasteiger partial charge < -0.3 is 15.4 Å². The lowest BCUT2D eigenvalue weighted by Gasteiger charge is -2.21. The number of rotatable bonds is 5. The first-order valence-corrected chi connectivity index (χ1v) is 8.07. The molecule has 1 aromatic carbocycles. The second-order valence-corrected chi connectivity index (χ2v) is 6.52. The van der Waals surface area contributed by atoms with Crippen LogP contribution in [-0.4, -0.2) is 29.1 Å². The molecule has 132 valence electrons. The molecule has 2 N–H and O–H groups in total. The summed E-state index contributed by atoms with van der Waals surface area (Å²) in [6.07, 6.45) is 1.05. The predicted octanol–water partition coefficient (Wildman–Crippen LogP) is 2.81. The highest BCUT2D eigenvalue weighted by atomic mass is 16.6. The van der Waals surface area contributed by atoms with Gasteiger partial charge in [-0.2, -0.15) is 0 Å². The summed E-state index contributed by atoms with van der Waals surface area (Å²) < 4.78 is 5.12. The van der Waals surface area contributed by atoms with Crippen molar-refractivity contribution in [2.75, 3.05) is 6.54 Å². The highest BCUT2D eigenvalue weighted by Crippen LogP contribution is 2.19. The molecule has 0 aliphatic carbocycles. The second kappa shape index (κ2) is 8.28. The minimum absolute atomic E-state index is 0.176. The number of alkyl carbamates (subject to hydrolysis) is 1. The third kappa shape index (κ3) is 6.25. The summed E-state index contributed by atoms with van der Waals surface area (Å²) in [5.41, 5.74) is 1.02. The molecule has 2 amide bonds. The minimum Gasteiger partial charge on any atom is -0.444 e.